The Labute approximate surface area is 295 Å². The zero-order valence-corrected chi connectivity index (χ0v) is 27.3. The molecule has 1 atom stereocenters. The van der Waals surface area contributed by atoms with Crippen LogP contribution in [0.5, 0.6) is 11.5 Å². The standard InChI is InChI=1S/C46H28N4O/c1-3-13-28(14-4-1)43-48-44(29-15-5-2-6-16-29)50-45(49-43)30-23-24-33-31-17-7-9-19-35(31)46(37(33)25-30)36-20-10-8-18-32(36)34-26-42-40(27-38(34)46)47-39-21-11-12-22-41(39)51-42/h1-27,47H. The average molecular weight is 653 g/mol. The van der Waals surface area contributed by atoms with Gasteiger partial charge in [0.2, 0.25) is 0 Å². The Kier molecular flexibility index (Phi) is 5.81. The molecule has 0 saturated carbocycles. The van der Waals surface area contributed by atoms with Crippen LogP contribution in [0, 0.1) is 0 Å². The zero-order valence-electron chi connectivity index (χ0n) is 27.3. The molecule has 2 aliphatic carbocycles. The maximum atomic E-state index is 6.50. The topological polar surface area (TPSA) is 59.9 Å². The third-order valence-electron chi connectivity index (χ3n) is 10.5. The van der Waals surface area contributed by atoms with Gasteiger partial charge in [0.05, 0.1) is 16.8 Å². The molecule has 0 saturated heterocycles. The molecule has 0 fully saturated rings. The third-order valence-corrected chi connectivity index (χ3v) is 10.5. The number of para-hydroxylation sites is 2. The molecular weight excluding hydrogens is 625 g/mol. The Morgan fingerprint density at radius 1 is 0.373 bits per heavy atom. The van der Waals surface area contributed by atoms with Crippen molar-refractivity contribution in [2.24, 2.45) is 0 Å². The van der Waals surface area contributed by atoms with Crippen molar-refractivity contribution in [1.82, 2.24) is 15.0 Å². The minimum absolute atomic E-state index is 0.556. The van der Waals surface area contributed by atoms with E-state index in [9.17, 15) is 0 Å². The number of fused-ring (bicyclic) bond motifs is 12. The van der Waals surface area contributed by atoms with Crippen LogP contribution < -0.4 is 10.1 Å². The lowest BCUT2D eigenvalue weighted by atomic mass is 9.70. The van der Waals surface area contributed by atoms with Crippen molar-refractivity contribution in [2.45, 2.75) is 5.41 Å². The van der Waals surface area contributed by atoms with Crippen LogP contribution in [0.1, 0.15) is 22.3 Å². The number of nitrogens with one attached hydrogen (secondary N) is 1. The predicted molar refractivity (Wildman–Crippen MR) is 202 cm³/mol. The quantitative estimate of drug-likeness (QED) is 0.206. The van der Waals surface area contributed by atoms with Gasteiger partial charge in [0.25, 0.3) is 0 Å². The summed E-state index contributed by atoms with van der Waals surface area (Å²) in [7, 11) is 0. The minimum Gasteiger partial charge on any atom is -0.453 e. The smallest absolute Gasteiger partial charge is 0.164 e. The highest BCUT2D eigenvalue weighted by molar-refractivity contribution is 5.97. The van der Waals surface area contributed by atoms with Gasteiger partial charge < -0.3 is 10.1 Å². The lowest BCUT2D eigenvalue weighted by Crippen LogP contribution is -2.26. The molecule has 2 heterocycles. The van der Waals surface area contributed by atoms with Gasteiger partial charge in [0.1, 0.15) is 0 Å². The number of aromatic nitrogens is 3. The van der Waals surface area contributed by atoms with Gasteiger partial charge in [-0.1, -0.05) is 133 Å². The third kappa shape index (κ3) is 4.00. The molecular formula is C46H28N4O. The van der Waals surface area contributed by atoms with Crippen LogP contribution >= 0.6 is 0 Å². The van der Waals surface area contributed by atoms with Crippen molar-refractivity contribution >= 4 is 11.4 Å². The molecule has 1 aliphatic heterocycles. The largest absolute Gasteiger partial charge is 0.453 e. The highest BCUT2D eigenvalue weighted by Gasteiger charge is 2.52. The number of ether oxygens (including phenoxy) is 1. The molecule has 1 aromatic heterocycles. The Morgan fingerprint density at radius 2 is 0.902 bits per heavy atom. The lowest BCUT2D eigenvalue weighted by Gasteiger charge is -2.32. The van der Waals surface area contributed by atoms with Gasteiger partial charge in [-0.25, -0.2) is 15.0 Å². The maximum Gasteiger partial charge on any atom is 0.164 e. The zero-order chi connectivity index (χ0) is 33.5. The number of anilines is 2. The molecule has 8 aromatic rings. The summed E-state index contributed by atoms with van der Waals surface area (Å²) in [5.74, 6) is 3.58. The van der Waals surface area contributed by atoms with Crippen molar-refractivity contribution in [3.05, 3.63) is 186 Å². The normalized spacial score (nSPS) is 15.5. The lowest BCUT2D eigenvalue weighted by molar-refractivity contribution is 0.481. The van der Waals surface area contributed by atoms with Gasteiger partial charge in [0.15, 0.2) is 29.0 Å². The second kappa shape index (κ2) is 10.6. The van der Waals surface area contributed by atoms with Crippen LogP contribution in [0.15, 0.2) is 164 Å². The molecule has 3 aliphatic rings. The summed E-state index contributed by atoms with van der Waals surface area (Å²) in [6.45, 7) is 0. The molecule has 0 radical (unpaired) electrons. The molecule has 1 spiro atoms. The van der Waals surface area contributed by atoms with E-state index in [2.05, 4.69) is 90.2 Å². The Bertz CT molecular complexity index is 2650. The summed E-state index contributed by atoms with van der Waals surface area (Å²) in [5, 5.41) is 3.68. The van der Waals surface area contributed by atoms with E-state index in [1.807, 2.05) is 78.9 Å². The van der Waals surface area contributed by atoms with E-state index < -0.39 is 5.41 Å². The van der Waals surface area contributed by atoms with Crippen molar-refractivity contribution < 1.29 is 4.74 Å². The first-order chi connectivity index (χ1) is 25.3. The number of benzene rings is 7. The minimum atomic E-state index is -0.556. The molecule has 0 amide bonds. The Morgan fingerprint density at radius 3 is 1.59 bits per heavy atom. The number of nitrogens with zero attached hydrogens (tertiary/aromatic N) is 3. The van der Waals surface area contributed by atoms with Gasteiger partial charge in [-0.15, -0.1) is 0 Å². The van der Waals surface area contributed by atoms with E-state index >= 15 is 0 Å². The molecule has 7 aromatic carbocycles. The maximum absolute atomic E-state index is 6.50. The van der Waals surface area contributed by atoms with E-state index in [0.29, 0.717) is 17.5 Å². The molecule has 1 N–H and O–H groups in total. The van der Waals surface area contributed by atoms with Crippen molar-refractivity contribution in [1.29, 1.82) is 0 Å². The van der Waals surface area contributed by atoms with E-state index in [4.69, 9.17) is 19.7 Å². The predicted octanol–water partition coefficient (Wildman–Crippen LogP) is 11.1. The first-order valence-electron chi connectivity index (χ1n) is 17.2. The second-order valence-electron chi connectivity index (χ2n) is 13.3. The van der Waals surface area contributed by atoms with Crippen molar-refractivity contribution in [3.63, 3.8) is 0 Å². The van der Waals surface area contributed by atoms with Crippen LogP contribution in [0.4, 0.5) is 11.4 Å². The Balaban J connectivity index is 1.17. The summed E-state index contributed by atoms with van der Waals surface area (Å²) in [4.78, 5) is 15.2. The van der Waals surface area contributed by atoms with Crippen LogP contribution in [0.2, 0.25) is 0 Å². The molecule has 51 heavy (non-hydrogen) atoms. The molecule has 5 nitrogen and oxygen atoms in total. The fraction of sp³-hybridized carbons (Fsp3) is 0.0217. The molecule has 5 heteroatoms. The van der Waals surface area contributed by atoms with Crippen molar-refractivity contribution in [3.8, 4) is 67.9 Å². The first kappa shape index (κ1) is 28.0. The fourth-order valence-corrected chi connectivity index (χ4v) is 8.34. The SMILES string of the molecule is c1ccc(-c2nc(-c3ccccc3)nc(-c3ccc4c(c3)C3(c5ccccc5-4)c4ccccc4-c4cc5c(cc43)Nc3ccccc3O5)n2)cc1. The van der Waals surface area contributed by atoms with Gasteiger partial charge in [0, 0.05) is 16.7 Å². The van der Waals surface area contributed by atoms with Gasteiger partial charge >= 0.3 is 0 Å². The Hall–Kier alpha value is -6.85. The monoisotopic (exact) mass is 652 g/mol. The highest BCUT2D eigenvalue weighted by Crippen LogP contribution is 2.64. The van der Waals surface area contributed by atoms with Gasteiger partial charge in [-0.3, -0.25) is 0 Å². The number of hydrogen-bond donors (Lipinski definition) is 1. The number of hydrogen-bond acceptors (Lipinski definition) is 5. The van der Waals surface area contributed by atoms with E-state index in [0.717, 1.165) is 39.6 Å². The van der Waals surface area contributed by atoms with E-state index in [1.165, 1.54) is 44.5 Å². The summed E-state index contributed by atoms with van der Waals surface area (Å²) in [6, 6.07) is 57.3. The van der Waals surface area contributed by atoms with Crippen LogP contribution in [0.3, 0.4) is 0 Å². The summed E-state index contributed by atoms with van der Waals surface area (Å²) >= 11 is 0. The highest BCUT2D eigenvalue weighted by atomic mass is 16.5. The molecule has 0 bridgehead atoms. The summed E-state index contributed by atoms with van der Waals surface area (Å²) in [6.07, 6.45) is 0. The number of rotatable bonds is 3. The van der Waals surface area contributed by atoms with E-state index in [1.54, 1.807) is 0 Å². The van der Waals surface area contributed by atoms with Gasteiger partial charge in [-0.05, 0) is 74.8 Å². The average Bonchev–Trinajstić information content (AvgIpc) is 3.66. The molecule has 238 valence electrons. The summed E-state index contributed by atoms with van der Waals surface area (Å²) in [5.41, 5.74) is 14.0. The molecule has 1 unspecified atom stereocenters. The van der Waals surface area contributed by atoms with Crippen LogP contribution in [-0.2, 0) is 5.41 Å². The summed E-state index contributed by atoms with van der Waals surface area (Å²) < 4.78 is 6.50. The van der Waals surface area contributed by atoms with Crippen molar-refractivity contribution in [2.75, 3.05) is 5.32 Å². The fourth-order valence-electron chi connectivity index (χ4n) is 8.34. The van der Waals surface area contributed by atoms with Crippen LogP contribution in [0.25, 0.3) is 56.4 Å². The van der Waals surface area contributed by atoms with Crippen LogP contribution in [-0.4, -0.2) is 15.0 Å². The van der Waals surface area contributed by atoms with E-state index in [-0.39, 0.29) is 0 Å². The van der Waals surface area contributed by atoms with Gasteiger partial charge in [-0.2, -0.15) is 0 Å². The molecule has 11 rings (SSSR count). The first-order valence-corrected chi connectivity index (χ1v) is 17.2. The second-order valence-corrected chi connectivity index (χ2v) is 13.3.